The maximum atomic E-state index is 12.3. The summed E-state index contributed by atoms with van der Waals surface area (Å²) >= 11 is 1.35. The third kappa shape index (κ3) is 3.96. The Balaban J connectivity index is 2.08. The lowest BCUT2D eigenvalue weighted by molar-refractivity contribution is -0.167. The monoisotopic (exact) mass is 367 g/mol. The van der Waals surface area contributed by atoms with E-state index in [1.807, 2.05) is 0 Å². The molecule has 0 spiro atoms. The highest BCUT2D eigenvalue weighted by atomic mass is 32.2. The zero-order valence-electron chi connectivity index (χ0n) is 12.8. The van der Waals surface area contributed by atoms with Gasteiger partial charge in [-0.15, -0.1) is 11.8 Å². The van der Waals surface area contributed by atoms with Crippen LogP contribution in [0.4, 0.5) is 0 Å². The average molecular weight is 367 g/mol. The van der Waals surface area contributed by atoms with E-state index in [0.29, 0.717) is 6.42 Å². The van der Waals surface area contributed by atoms with E-state index in [1.165, 1.54) is 23.6 Å². The highest BCUT2D eigenvalue weighted by Crippen LogP contribution is 2.51. The molecule has 130 valence electrons. The van der Waals surface area contributed by atoms with Gasteiger partial charge in [-0.25, -0.2) is 8.98 Å². The first-order valence-corrected chi connectivity index (χ1v) is 9.36. The van der Waals surface area contributed by atoms with Gasteiger partial charge in [0.1, 0.15) is 12.6 Å². The summed E-state index contributed by atoms with van der Waals surface area (Å²) in [7, 11) is -3.75. The molecule has 11 heteroatoms. The van der Waals surface area contributed by atoms with Crippen molar-refractivity contribution in [3.63, 3.8) is 0 Å². The Labute approximate surface area is 137 Å². The van der Waals surface area contributed by atoms with Gasteiger partial charge in [-0.3, -0.25) is 9.59 Å². The van der Waals surface area contributed by atoms with Crippen LogP contribution in [0.25, 0.3) is 0 Å². The van der Waals surface area contributed by atoms with E-state index in [2.05, 4.69) is 4.18 Å². The van der Waals surface area contributed by atoms with Crippen LogP contribution >= 0.6 is 11.8 Å². The van der Waals surface area contributed by atoms with Crippen molar-refractivity contribution in [1.82, 2.24) is 4.90 Å². The fourth-order valence-electron chi connectivity index (χ4n) is 2.45. The van der Waals surface area contributed by atoms with Crippen molar-refractivity contribution in [2.75, 3.05) is 19.7 Å². The fourth-order valence-corrected chi connectivity index (χ4v) is 4.34. The largest absolute Gasteiger partial charge is 0.464 e. The number of hydrogen-bond acceptors (Lipinski definition) is 9. The summed E-state index contributed by atoms with van der Waals surface area (Å²) in [4.78, 5) is 36.4. The quantitative estimate of drug-likeness (QED) is 0.264. The van der Waals surface area contributed by atoms with Crippen molar-refractivity contribution in [1.29, 1.82) is 0 Å². The number of β-lactam (4-membered cyclic amide) rings is 1. The van der Waals surface area contributed by atoms with Crippen molar-refractivity contribution >= 4 is 39.7 Å². The first-order valence-electron chi connectivity index (χ1n) is 6.67. The molecule has 0 aliphatic carbocycles. The smallest absolute Gasteiger partial charge is 0.332 e. The molecule has 2 aliphatic rings. The van der Waals surface area contributed by atoms with Crippen LogP contribution < -0.4 is 0 Å². The Kier molecular flexibility index (Phi) is 4.92. The molecule has 2 heterocycles. The number of ether oxygens (including phenoxy) is 2. The summed E-state index contributed by atoms with van der Waals surface area (Å²) in [6, 6.07) is -0.971. The first kappa shape index (κ1) is 18.0. The second-order valence-electron chi connectivity index (χ2n) is 5.48. The van der Waals surface area contributed by atoms with Crippen LogP contribution in [0.3, 0.4) is 0 Å². The highest BCUT2D eigenvalue weighted by Gasteiger charge is 2.61. The van der Waals surface area contributed by atoms with Crippen LogP contribution in [0.1, 0.15) is 20.3 Å². The summed E-state index contributed by atoms with van der Waals surface area (Å²) in [6.07, 6.45) is 1.12. The van der Waals surface area contributed by atoms with Gasteiger partial charge in [0.2, 0.25) is 12.7 Å². The molecule has 0 saturated carbocycles. The van der Waals surface area contributed by atoms with Crippen molar-refractivity contribution in [2.45, 2.75) is 36.4 Å². The van der Waals surface area contributed by atoms with E-state index in [1.54, 1.807) is 6.92 Å². The molecule has 1 amide bonds. The number of esters is 2. The molecule has 23 heavy (non-hydrogen) atoms. The predicted octanol–water partition coefficient (Wildman–Crippen LogP) is -0.541. The number of thioether (sulfide) groups is 1. The Bertz CT molecular complexity index is 633. The lowest BCUT2D eigenvalue weighted by Crippen LogP contribution is -2.58. The standard InChI is InChI=1S/C12H17NO8S2/c1-7(14)19-5-12(2)10(13-8(15)4-9(13)22-12)11(16)20-6-21-23(3,17)18/h9-10H,4-6H2,1-3H3/t9-,10+,12+/m1/s1. The van der Waals surface area contributed by atoms with Gasteiger partial charge < -0.3 is 14.4 Å². The van der Waals surface area contributed by atoms with E-state index in [4.69, 9.17) is 9.47 Å². The molecule has 0 bridgehead atoms. The zero-order valence-corrected chi connectivity index (χ0v) is 14.4. The van der Waals surface area contributed by atoms with Gasteiger partial charge in [0.25, 0.3) is 10.1 Å². The topological polar surface area (TPSA) is 116 Å². The van der Waals surface area contributed by atoms with Gasteiger partial charge in [0.15, 0.2) is 0 Å². The highest BCUT2D eigenvalue weighted by molar-refractivity contribution is 8.01. The van der Waals surface area contributed by atoms with Gasteiger partial charge in [0.05, 0.1) is 22.8 Å². The number of carbonyl (C=O) groups is 3. The lowest BCUT2D eigenvalue weighted by atomic mass is 9.97. The normalized spacial score (nSPS) is 29.7. The van der Waals surface area contributed by atoms with E-state index in [9.17, 15) is 22.8 Å². The summed E-state index contributed by atoms with van der Waals surface area (Å²) in [5, 5.41) is -0.184. The summed E-state index contributed by atoms with van der Waals surface area (Å²) in [5.41, 5.74) is 0. The van der Waals surface area contributed by atoms with Crippen LogP contribution in [0.15, 0.2) is 0 Å². The van der Waals surface area contributed by atoms with Crippen molar-refractivity contribution < 1.29 is 36.5 Å². The zero-order chi connectivity index (χ0) is 17.4. The molecule has 2 fully saturated rings. The third-order valence-electron chi connectivity index (χ3n) is 3.46. The van der Waals surface area contributed by atoms with Crippen molar-refractivity contribution in [2.24, 2.45) is 0 Å². The molecular formula is C12H17NO8S2. The van der Waals surface area contributed by atoms with Crippen LogP contribution in [0.5, 0.6) is 0 Å². The minimum atomic E-state index is -3.75. The van der Waals surface area contributed by atoms with Gasteiger partial charge in [-0.2, -0.15) is 8.42 Å². The summed E-state index contributed by atoms with van der Waals surface area (Å²) in [6.45, 7) is 2.10. The molecule has 0 unspecified atom stereocenters. The Hall–Kier alpha value is -1.33. The fraction of sp³-hybridized carbons (Fsp3) is 0.750. The Morgan fingerprint density at radius 1 is 1.39 bits per heavy atom. The molecule has 0 aromatic heterocycles. The summed E-state index contributed by atoms with van der Waals surface area (Å²) in [5.74, 6) is -1.51. The number of amides is 1. The van der Waals surface area contributed by atoms with Crippen LogP contribution in [0.2, 0.25) is 0 Å². The van der Waals surface area contributed by atoms with Crippen molar-refractivity contribution in [3.05, 3.63) is 0 Å². The molecule has 9 nitrogen and oxygen atoms in total. The number of rotatable bonds is 6. The van der Waals surface area contributed by atoms with Gasteiger partial charge in [-0.1, -0.05) is 0 Å². The van der Waals surface area contributed by atoms with Crippen LogP contribution in [0, 0.1) is 0 Å². The molecule has 0 N–H and O–H groups in total. The minimum absolute atomic E-state index is 0.0695. The van der Waals surface area contributed by atoms with Crippen LogP contribution in [-0.2, 0) is 38.2 Å². The van der Waals surface area contributed by atoms with E-state index in [0.717, 1.165) is 6.26 Å². The maximum absolute atomic E-state index is 12.3. The SMILES string of the molecule is CC(=O)OC[C@]1(C)S[C@@H]2CC(=O)N2[C@H]1C(=O)OCOS(C)(=O)=O. The lowest BCUT2D eigenvalue weighted by Gasteiger charge is -2.37. The van der Waals surface area contributed by atoms with E-state index >= 15 is 0 Å². The molecule has 2 rings (SSSR count). The maximum Gasteiger partial charge on any atom is 0.332 e. The van der Waals surface area contributed by atoms with E-state index in [-0.39, 0.29) is 17.9 Å². The molecular weight excluding hydrogens is 350 g/mol. The third-order valence-corrected chi connectivity index (χ3v) is 5.53. The van der Waals surface area contributed by atoms with Gasteiger partial charge >= 0.3 is 11.9 Å². The number of hydrogen-bond donors (Lipinski definition) is 0. The van der Waals surface area contributed by atoms with Gasteiger partial charge in [0, 0.05) is 6.92 Å². The van der Waals surface area contributed by atoms with Crippen molar-refractivity contribution in [3.8, 4) is 0 Å². The van der Waals surface area contributed by atoms with Crippen LogP contribution in [-0.4, -0.2) is 67.0 Å². The molecule has 2 aliphatic heterocycles. The molecule has 3 atom stereocenters. The Morgan fingerprint density at radius 3 is 2.57 bits per heavy atom. The minimum Gasteiger partial charge on any atom is -0.464 e. The van der Waals surface area contributed by atoms with Gasteiger partial charge in [-0.05, 0) is 6.92 Å². The predicted molar refractivity (Wildman–Crippen MR) is 78.6 cm³/mol. The summed E-state index contributed by atoms with van der Waals surface area (Å²) < 4.78 is 35.1. The Morgan fingerprint density at radius 2 is 2.04 bits per heavy atom. The molecule has 0 aromatic rings. The second-order valence-corrected chi connectivity index (χ2v) is 8.83. The number of nitrogens with zero attached hydrogens (tertiary/aromatic N) is 1. The number of carbonyl (C=O) groups excluding carboxylic acids is 3. The molecule has 2 saturated heterocycles. The molecule has 0 radical (unpaired) electrons. The number of fused-ring (bicyclic) bond motifs is 1. The average Bonchev–Trinajstić information content (AvgIpc) is 2.63. The van der Waals surface area contributed by atoms with E-state index < -0.39 is 39.6 Å². The first-order chi connectivity index (χ1) is 10.5. The second kappa shape index (κ2) is 6.29. The molecule has 0 aromatic carbocycles.